The molecule has 1 amide bonds. The molecule has 164 valence electrons. The van der Waals surface area contributed by atoms with Crippen LogP contribution in [0.2, 0.25) is 0 Å². The molecule has 4 rings (SSSR count). The molecule has 0 saturated carbocycles. The summed E-state index contributed by atoms with van der Waals surface area (Å²) in [7, 11) is 3.98. The lowest BCUT2D eigenvalue weighted by molar-refractivity contribution is -0.116. The predicted octanol–water partition coefficient (Wildman–Crippen LogP) is 4.52. The molecule has 6 nitrogen and oxygen atoms in total. The second-order valence-corrected chi connectivity index (χ2v) is 8.99. The van der Waals surface area contributed by atoms with Crippen molar-refractivity contribution in [2.45, 2.75) is 26.4 Å². The van der Waals surface area contributed by atoms with E-state index in [4.69, 9.17) is 0 Å². The van der Waals surface area contributed by atoms with Gasteiger partial charge in [0.05, 0.1) is 11.7 Å². The van der Waals surface area contributed by atoms with Crippen LogP contribution in [-0.4, -0.2) is 34.5 Å². The van der Waals surface area contributed by atoms with E-state index < -0.39 is 0 Å². The van der Waals surface area contributed by atoms with Gasteiger partial charge in [-0.1, -0.05) is 48.0 Å². The Hall–Kier alpha value is -3.29. The van der Waals surface area contributed by atoms with Gasteiger partial charge in [0.25, 0.3) is 5.56 Å². The number of hydrogen-bond acceptors (Lipinski definition) is 5. The Bertz CT molecular complexity index is 1310. The molecule has 2 aromatic carbocycles. The minimum Gasteiger partial charge on any atom is -0.326 e. The first-order valence-electron chi connectivity index (χ1n) is 10.5. The number of carbonyl (C=O) groups is 1. The largest absolute Gasteiger partial charge is 0.326 e. The Balaban J connectivity index is 1.52. The van der Waals surface area contributed by atoms with Crippen LogP contribution in [-0.2, 0) is 17.9 Å². The molecule has 7 heteroatoms. The van der Waals surface area contributed by atoms with Crippen LogP contribution in [0.1, 0.15) is 17.5 Å². The normalized spacial score (nSPS) is 11.2. The molecule has 0 bridgehead atoms. The SMILES string of the molecule is Cc1ccc(-c2csc3ncn(CCC(=O)Nc4ccccc4CN(C)C)c(=O)c23)cc1. The molecule has 0 fully saturated rings. The summed E-state index contributed by atoms with van der Waals surface area (Å²) in [5.41, 5.74) is 4.78. The molecule has 1 N–H and O–H groups in total. The molecule has 2 heterocycles. The summed E-state index contributed by atoms with van der Waals surface area (Å²) in [4.78, 5) is 33.0. The number of fused-ring (bicyclic) bond motifs is 1. The highest BCUT2D eigenvalue weighted by Gasteiger charge is 2.14. The van der Waals surface area contributed by atoms with E-state index in [1.807, 2.05) is 74.9 Å². The quantitative estimate of drug-likeness (QED) is 0.453. The molecular formula is C25H26N4O2S. The molecule has 0 unspecified atom stereocenters. The first-order valence-corrected chi connectivity index (χ1v) is 11.4. The number of hydrogen-bond donors (Lipinski definition) is 1. The number of thiophene rings is 1. The summed E-state index contributed by atoms with van der Waals surface area (Å²) in [5.74, 6) is -0.132. The standard InChI is InChI=1S/C25H26N4O2S/c1-17-8-10-18(11-9-17)20-15-32-24-23(20)25(31)29(16-26-24)13-12-22(30)27-21-7-5-4-6-19(21)14-28(2)3/h4-11,15-16H,12-14H2,1-3H3,(H,27,30). The number of para-hydroxylation sites is 1. The summed E-state index contributed by atoms with van der Waals surface area (Å²) in [5, 5.41) is 5.56. The van der Waals surface area contributed by atoms with Gasteiger partial charge in [-0.2, -0.15) is 0 Å². The van der Waals surface area contributed by atoms with Gasteiger partial charge in [-0.05, 0) is 38.2 Å². The van der Waals surface area contributed by atoms with Crippen LogP contribution in [0.15, 0.2) is 65.0 Å². The number of anilines is 1. The zero-order valence-electron chi connectivity index (χ0n) is 18.5. The third-order valence-corrected chi connectivity index (χ3v) is 6.17. The number of nitrogens with one attached hydrogen (secondary N) is 1. The van der Waals surface area contributed by atoms with Gasteiger partial charge < -0.3 is 10.2 Å². The van der Waals surface area contributed by atoms with Crippen molar-refractivity contribution < 1.29 is 4.79 Å². The van der Waals surface area contributed by atoms with E-state index in [0.717, 1.165) is 28.9 Å². The van der Waals surface area contributed by atoms with E-state index in [9.17, 15) is 9.59 Å². The van der Waals surface area contributed by atoms with Gasteiger partial charge in [0, 0.05) is 36.1 Å². The van der Waals surface area contributed by atoms with Gasteiger partial charge in [0.2, 0.25) is 5.91 Å². The summed E-state index contributed by atoms with van der Waals surface area (Å²) < 4.78 is 1.53. The molecular weight excluding hydrogens is 420 g/mol. The molecule has 0 aliphatic heterocycles. The maximum Gasteiger partial charge on any atom is 0.262 e. The van der Waals surface area contributed by atoms with E-state index in [-0.39, 0.29) is 24.4 Å². The molecule has 0 saturated heterocycles. The van der Waals surface area contributed by atoms with Crippen LogP contribution in [0.4, 0.5) is 5.69 Å². The molecule has 2 aromatic heterocycles. The highest BCUT2D eigenvalue weighted by molar-refractivity contribution is 7.17. The van der Waals surface area contributed by atoms with Crippen LogP contribution in [0.3, 0.4) is 0 Å². The fraction of sp³-hybridized carbons (Fsp3) is 0.240. The van der Waals surface area contributed by atoms with Crippen molar-refractivity contribution in [1.82, 2.24) is 14.5 Å². The predicted molar refractivity (Wildman–Crippen MR) is 131 cm³/mol. The number of amides is 1. The number of nitrogens with zero attached hydrogens (tertiary/aromatic N) is 3. The van der Waals surface area contributed by atoms with Crippen molar-refractivity contribution >= 4 is 33.1 Å². The Morgan fingerprint density at radius 1 is 1.12 bits per heavy atom. The van der Waals surface area contributed by atoms with E-state index in [1.165, 1.54) is 27.8 Å². The zero-order valence-corrected chi connectivity index (χ0v) is 19.3. The number of aryl methyl sites for hydroxylation is 2. The number of carbonyl (C=O) groups excluding carboxylic acids is 1. The molecule has 4 aromatic rings. The van der Waals surface area contributed by atoms with Gasteiger partial charge in [-0.15, -0.1) is 11.3 Å². The van der Waals surface area contributed by atoms with Gasteiger partial charge in [-0.3, -0.25) is 14.2 Å². The fourth-order valence-electron chi connectivity index (χ4n) is 3.63. The Labute approximate surface area is 191 Å². The van der Waals surface area contributed by atoms with Crippen molar-refractivity contribution in [3.05, 3.63) is 81.7 Å². The average Bonchev–Trinajstić information content (AvgIpc) is 3.20. The number of benzene rings is 2. The monoisotopic (exact) mass is 446 g/mol. The van der Waals surface area contributed by atoms with Crippen molar-refractivity contribution in [1.29, 1.82) is 0 Å². The molecule has 0 radical (unpaired) electrons. The Kier molecular flexibility index (Phi) is 6.48. The molecule has 0 spiro atoms. The smallest absolute Gasteiger partial charge is 0.262 e. The Morgan fingerprint density at radius 3 is 2.62 bits per heavy atom. The van der Waals surface area contributed by atoms with Crippen LogP contribution in [0.5, 0.6) is 0 Å². The second kappa shape index (κ2) is 9.46. The van der Waals surface area contributed by atoms with Crippen molar-refractivity contribution in [2.75, 3.05) is 19.4 Å². The number of aromatic nitrogens is 2. The maximum atomic E-state index is 13.2. The highest BCUT2D eigenvalue weighted by Crippen LogP contribution is 2.30. The second-order valence-electron chi connectivity index (χ2n) is 8.13. The molecule has 0 atom stereocenters. The van der Waals surface area contributed by atoms with E-state index in [0.29, 0.717) is 10.2 Å². The Morgan fingerprint density at radius 2 is 1.88 bits per heavy atom. The van der Waals surface area contributed by atoms with Crippen molar-refractivity contribution in [3.63, 3.8) is 0 Å². The van der Waals surface area contributed by atoms with Gasteiger partial charge >= 0.3 is 0 Å². The van der Waals surface area contributed by atoms with Crippen LogP contribution in [0, 0.1) is 6.92 Å². The van der Waals surface area contributed by atoms with Crippen LogP contribution >= 0.6 is 11.3 Å². The molecule has 32 heavy (non-hydrogen) atoms. The molecule has 0 aliphatic carbocycles. The fourth-order valence-corrected chi connectivity index (χ4v) is 4.53. The van der Waals surface area contributed by atoms with Gasteiger partial charge in [0.15, 0.2) is 0 Å². The van der Waals surface area contributed by atoms with Gasteiger partial charge in [0.1, 0.15) is 4.83 Å². The minimum absolute atomic E-state index is 0.118. The van der Waals surface area contributed by atoms with Crippen molar-refractivity contribution in [3.8, 4) is 11.1 Å². The number of rotatable bonds is 7. The maximum absolute atomic E-state index is 13.2. The lowest BCUT2D eigenvalue weighted by Crippen LogP contribution is -2.24. The van der Waals surface area contributed by atoms with E-state index in [1.54, 1.807) is 0 Å². The summed E-state index contributed by atoms with van der Waals surface area (Å²) in [6, 6.07) is 15.9. The lowest BCUT2D eigenvalue weighted by Gasteiger charge is -2.15. The van der Waals surface area contributed by atoms with Crippen LogP contribution in [0.25, 0.3) is 21.3 Å². The zero-order chi connectivity index (χ0) is 22.7. The third kappa shape index (κ3) is 4.79. The molecule has 0 aliphatic rings. The minimum atomic E-state index is -0.132. The third-order valence-electron chi connectivity index (χ3n) is 5.28. The lowest BCUT2D eigenvalue weighted by atomic mass is 10.1. The van der Waals surface area contributed by atoms with Crippen LogP contribution < -0.4 is 10.9 Å². The summed E-state index contributed by atoms with van der Waals surface area (Å²) in [6.45, 7) is 3.04. The van der Waals surface area contributed by atoms with E-state index >= 15 is 0 Å². The summed E-state index contributed by atoms with van der Waals surface area (Å²) in [6.07, 6.45) is 1.72. The first-order chi connectivity index (χ1) is 15.4. The first kappa shape index (κ1) is 21.9. The van der Waals surface area contributed by atoms with Crippen molar-refractivity contribution in [2.24, 2.45) is 0 Å². The average molecular weight is 447 g/mol. The topological polar surface area (TPSA) is 67.2 Å². The van der Waals surface area contributed by atoms with Gasteiger partial charge in [-0.25, -0.2) is 4.98 Å². The van der Waals surface area contributed by atoms with E-state index in [2.05, 4.69) is 15.2 Å². The summed E-state index contributed by atoms with van der Waals surface area (Å²) >= 11 is 1.46. The highest BCUT2D eigenvalue weighted by atomic mass is 32.1.